The van der Waals surface area contributed by atoms with E-state index in [1.54, 1.807) is 19.1 Å². The lowest BCUT2D eigenvalue weighted by atomic mass is 10.0. The lowest BCUT2D eigenvalue weighted by molar-refractivity contribution is 0.0982. The maximum absolute atomic E-state index is 14.8. The molecule has 3 rings (SSSR count). The summed E-state index contributed by atoms with van der Waals surface area (Å²) in [5, 5.41) is 0.576. The van der Waals surface area contributed by atoms with E-state index >= 15 is 0 Å². The van der Waals surface area contributed by atoms with Crippen LogP contribution in [0.2, 0.25) is 0 Å². The molecule has 0 saturated heterocycles. The maximum atomic E-state index is 14.8. The molecule has 0 atom stereocenters. The Morgan fingerprint density at radius 3 is 2.60 bits per heavy atom. The van der Waals surface area contributed by atoms with Gasteiger partial charge in [0.2, 0.25) is 10.0 Å². The van der Waals surface area contributed by atoms with E-state index in [2.05, 4.69) is 9.97 Å². The SMILES string of the molecule is CCCS(=O)(=O)Nc1ccc(F)c(C(=O)Cc2cnc3[nH]c(C(C)=O)cc3c2)c1F. The molecule has 158 valence electrons. The largest absolute Gasteiger partial charge is 0.337 e. The van der Waals surface area contributed by atoms with Crippen LogP contribution in [0.1, 0.15) is 46.7 Å². The second-order valence-electron chi connectivity index (χ2n) is 6.83. The molecule has 30 heavy (non-hydrogen) atoms. The van der Waals surface area contributed by atoms with Gasteiger partial charge in [-0.05, 0) is 36.2 Å². The van der Waals surface area contributed by atoms with E-state index in [1.807, 2.05) is 4.72 Å². The quantitative estimate of drug-likeness (QED) is 0.525. The van der Waals surface area contributed by atoms with Crippen LogP contribution in [0, 0.1) is 11.6 Å². The number of sulfonamides is 1. The standard InChI is InChI=1S/C20H19F2N3O4S/c1-3-6-30(28,29)25-15-5-4-14(21)18(19(15)22)17(27)8-12-7-13-9-16(11(2)26)24-20(13)23-10-12/h4-5,7,9-10,25H,3,6,8H2,1-2H3,(H,23,24). The lowest BCUT2D eigenvalue weighted by Crippen LogP contribution is -2.19. The van der Waals surface area contributed by atoms with Crippen molar-refractivity contribution in [3.8, 4) is 0 Å². The van der Waals surface area contributed by atoms with Crippen molar-refractivity contribution < 1.29 is 26.8 Å². The summed E-state index contributed by atoms with van der Waals surface area (Å²) in [5.41, 5.74) is -0.132. The van der Waals surface area contributed by atoms with Gasteiger partial charge in [0.1, 0.15) is 11.5 Å². The van der Waals surface area contributed by atoms with Gasteiger partial charge >= 0.3 is 0 Å². The first-order valence-corrected chi connectivity index (χ1v) is 10.8. The van der Waals surface area contributed by atoms with Gasteiger partial charge in [0.25, 0.3) is 0 Å². The summed E-state index contributed by atoms with van der Waals surface area (Å²) in [7, 11) is -3.82. The van der Waals surface area contributed by atoms with Crippen molar-refractivity contribution in [3.05, 3.63) is 58.9 Å². The van der Waals surface area contributed by atoms with E-state index in [0.29, 0.717) is 28.7 Å². The number of pyridine rings is 1. The minimum Gasteiger partial charge on any atom is -0.337 e. The first-order valence-electron chi connectivity index (χ1n) is 9.11. The Balaban J connectivity index is 1.90. The molecule has 2 heterocycles. The third kappa shape index (κ3) is 4.54. The van der Waals surface area contributed by atoms with Crippen LogP contribution in [0.5, 0.6) is 0 Å². The second-order valence-corrected chi connectivity index (χ2v) is 8.67. The van der Waals surface area contributed by atoms with E-state index in [4.69, 9.17) is 0 Å². The zero-order valence-electron chi connectivity index (χ0n) is 16.3. The minimum absolute atomic E-state index is 0.183. The highest BCUT2D eigenvalue weighted by atomic mass is 32.2. The number of carbonyl (C=O) groups is 2. The number of Topliss-reactive ketones (excluding diaryl/α,β-unsaturated/α-hetero) is 2. The van der Waals surface area contributed by atoms with Crippen LogP contribution >= 0.6 is 0 Å². The highest BCUT2D eigenvalue weighted by molar-refractivity contribution is 7.92. The molecule has 0 aliphatic heterocycles. The average molecular weight is 435 g/mol. The predicted molar refractivity (Wildman–Crippen MR) is 108 cm³/mol. The molecule has 0 fully saturated rings. The third-order valence-corrected chi connectivity index (χ3v) is 5.86. The Labute approximate surface area is 171 Å². The van der Waals surface area contributed by atoms with Crippen LogP contribution in [0.25, 0.3) is 11.0 Å². The molecule has 2 aromatic heterocycles. The molecule has 0 spiro atoms. The molecular weight excluding hydrogens is 416 g/mol. The number of fused-ring (bicyclic) bond motifs is 1. The fraction of sp³-hybridized carbons (Fsp3) is 0.250. The Kier molecular flexibility index (Phi) is 5.97. The van der Waals surface area contributed by atoms with Gasteiger partial charge in [0, 0.05) is 24.9 Å². The molecule has 2 N–H and O–H groups in total. The molecule has 7 nitrogen and oxygen atoms in total. The number of carbonyl (C=O) groups excluding carboxylic acids is 2. The van der Waals surface area contributed by atoms with Gasteiger partial charge in [0.05, 0.1) is 22.7 Å². The van der Waals surface area contributed by atoms with Crippen LogP contribution in [0.15, 0.2) is 30.5 Å². The van der Waals surface area contributed by atoms with Gasteiger partial charge in [-0.1, -0.05) is 6.92 Å². The highest BCUT2D eigenvalue weighted by Gasteiger charge is 2.23. The summed E-state index contributed by atoms with van der Waals surface area (Å²) < 4.78 is 54.8. The summed E-state index contributed by atoms with van der Waals surface area (Å²) in [6, 6.07) is 4.94. The number of hydrogen-bond acceptors (Lipinski definition) is 5. The van der Waals surface area contributed by atoms with Crippen molar-refractivity contribution in [2.45, 2.75) is 26.7 Å². The highest BCUT2D eigenvalue weighted by Crippen LogP contribution is 2.24. The average Bonchev–Trinajstić information content (AvgIpc) is 3.08. The molecular formula is C20H19F2N3O4S. The minimum atomic E-state index is -3.82. The van der Waals surface area contributed by atoms with Crippen LogP contribution in [0.3, 0.4) is 0 Å². The molecule has 0 aliphatic carbocycles. The normalized spacial score (nSPS) is 11.6. The summed E-state index contributed by atoms with van der Waals surface area (Å²) in [6.45, 7) is 3.03. The van der Waals surface area contributed by atoms with Crippen molar-refractivity contribution in [3.63, 3.8) is 0 Å². The number of anilines is 1. The van der Waals surface area contributed by atoms with Crippen LogP contribution in [-0.2, 0) is 16.4 Å². The number of H-pyrrole nitrogens is 1. The fourth-order valence-corrected chi connectivity index (χ4v) is 4.13. The number of ketones is 2. The van der Waals surface area contributed by atoms with Crippen molar-refractivity contribution >= 4 is 38.3 Å². The monoisotopic (exact) mass is 435 g/mol. The topological polar surface area (TPSA) is 109 Å². The third-order valence-electron chi connectivity index (χ3n) is 4.38. The van der Waals surface area contributed by atoms with Gasteiger partial charge < -0.3 is 4.98 Å². The number of rotatable bonds is 8. The first kappa shape index (κ1) is 21.6. The molecule has 0 aliphatic rings. The molecule has 0 bridgehead atoms. The molecule has 0 unspecified atom stereocenters. The molecule has 0 amide bonds. The van der Waals surface area contributed by atoms with Crippen LogP contribution < -0.4 is 4.72 Å². The van der Waals surface area contributed by atoms with Crippen LogP contribution in [0.4, 0.5) is 14.5 Å². The lowest BCUT2D eigenvalue weighted by Gasteiger charge is -2.11. The van der Waals surface area contributed by atoms with E-state index in [0.717, 1.165) is 12.1 Å². The number of aromatic amines is 1. The van der Waals surface area contributed by atoms with E-state index < -0.39 is 38.7 Å². The van der Waals surface area contributed by atoms with Crippen molar-refractivity contribution in [1.29, 1.82) is 0 Å². The zero-order chi connectivity index (χ0) is 22.1. The number of benzene rings is 1. The molecule has 1 aromatic carbocycles. The van der Waals surface area contributed by atoms with Crippen molar-refractivity contribution in [2.75, 3.05) is 10.5 Å². The predicted octanol–water partition coefficient (Wildman–Crippen LogP) is 3.62. The summed E-state index contributed by atoms with van der Waals surface area (Å²) in [5.74, 6) is -3.65. The van der Waals surface area contributed by atoms with Gasteiger partial charge in [-0.3, -0.25) is 14.3 Å². The van der Waals surface area contributed by atoms with Gasteiger partial charge in [-0.15, -0.1) is 0 Å². The number of halogens is 2. The number of nitrogens with one attached hydrogen (secondary N) is 2. The zero-order valence-corrected chi connectivity index (χ0v) is 17.1. The smallest absolute Gasteiger partial charge is 0.232 e. The number of hydrogen-bond donors (Lipinski definition) is 2. The maximum Gasteiger partial charge on any atom is 0.232 e. The van der Waals surface area contributed by atoms with E-state index in [-0.39, 0.29) is 18.0 Å². The number of nitrogens with zero attached hydrogens (tertiary/aromatic N) is 1. The van der Waals surface area contributed by atoms with Crippen molar-refractivity contribution in [2.24, 2.45) is 0 Å². The summed E-state index contributed by atoms with van der Waals surface area (Å²) >= 11 is 0. The second kappa shape index (κ2) is 8.31. The molecule has 3 aromatic rings. The molecule has 10 heteroatoms. The Morgan fingerprint density at radius 2 is 1.93 bits per heavy atom. The first-order chi connectivity index (χ1) is 14.1. The van der Waals surface area contributed by atoms with Gasteiger partial charge in [-0.2, -0.15) is 0 Å². The Bertz CT molecular complexity index is 1250. The van der Waals surface area contributed by atoms with Gasteiger partial charge in [-0.25, -0.2) is 22.2 Å². The van der Waals surface area contributed by atoms with Crippen LogP contribution in [-0.4, -0.2) is 35.7 Å². The Morgan fingerprint density at radius 1 is 1.20 bits per heavy atom. The number of aromatic nitrogens is 2. The molecule has 0 saturated carbocycles. The fourth-order valence-electron chi connectivity index (χ4n) is 3.00. The summed E-state index contributed by atoms with van der Waals surface area (Å²) in [6.07, 6.45) is 1.32. The Hall–Kier alpha value is -3.14. The summed E-state index contributed by atoms with van der Waals surface area (Å²) in [4.78, 5) is 31.0. The van der Waals surface area contributed by atoms with E-state index in [9.17, 15) is 26.8 Å². The van der Waals surface area contributed by atoms with E-state index in [1.165, 1.54) is 13.1 Å². The van der Waals surface area contributed by atoms with Gasteiger partial charge in [0.15, 0.2) is 17.4 Å². The molecule has 0 radical (unpaired) electrons. The van der Waals surface area contributed by atoms with Crippen molar-refractivity contribution in [1.82, 2.24) is 9.97 Å².